The number of amides is 1. The Morgan fingerprint density at radius 1 is 1.17 bits per heavy atom. The molecule has 1 N–H and O–H groups in total. The summed E-state index contributed by atoms with van der Waals surface area (Å²) in [6.45, 7) is 9.34. The first-order valence-corrected chi connectivity index (χ1v) is 8.52. The van der Waals surface area contributed by atoms with Crippen LogP contribution in [0.4, 0.5) is 19.0 Å². The predicted molar refractivity (Wildman–Crippen MR) is 106 cm³/mol. The maximum atomic E-state index is 12.9. The second-order valence-corrected chi connectivity index (χ2v) is 6.17. The van der Waals surface area contributed by atoms with Crippen molar-refractivity contribution in [1.29, 1.82) is 0 Å². The first-order chi connectivity index (χ1) is 13.7. The minimum Gasteiger partial charge on any atom is -0.307 e. The van der Waals surface area contributed by atoms with Gasteiger partial charge in [0.1, 0.15) is 11.6 Å². The minimum atomic E-state index is -4.52. The molecule has 0 aliphatic carbocycles. The zero-order valence-electron chi connectivity index (χ0n) is 15.5. The first-order valence-electron chi connectivity index (χ1n) is 8.52. The van der Waals surface area contributed by atoms with E-state index < -0.39 is 17.6 Å². The van der Waals surface area contributed by atoms with Gasteiger partial charge in [-0.05, 0) is 42.8 Å². The van der Waals surface area contributed by atoms with E-state index in [0.717, 1.165) is 29.5 Å². The number of halogens is 3. The average molecular weight is 398 g/mol. The van der Waals surface area contributed by atoms with Crippen molar-refractivity contribution in [2.24, 2.45) is 0 Å². The molecule has 148 valence electrons. The molecule has 0 atom stereocenters. The van der Waals surface area contributed by atoms with Gasteiger partial charge >= 0.3 is 6.18 Å². The van der Waals surface area contributed by atoms with Gasteiger partial charge in [0.25, 0.3) is 5.91 Å². The molecule has 0 aliphatic heterocycles. The summed E-state index contributed by atoms with van der Waals surface area (Å²) in [4.78, 5) is 20.6. The van der Waals surface area contributed by atoms with Crippen LogP contribution in [0, 0.1) is 6.92 Å². The lowest BCUT2D eigenvalue weighted by Crippen LogP contribution is -2.14. The van der Waals surface area contributed by atoms with Gasteiger partial charge in [-0.25, -0.2) is 9.97 Å². The summed E-state index contributed by atoms with van der Waals surface area (Å²) in [5.74, 6) is -0.166. The van der Waals surface area contributed by atoms with Gasteiger partial charge in [0.05, 0.1) is 17.5 Å². The molecule has 2 aromatic heterocycles. The van der Waals surface area contributed by atoms with Crippen molar-refractivity contribution in [2.45, 2.75) is 13.1 Å². The van der Waals surface area contributed by atoms with Gasteiger partial charge in [-0.15, -0.1) is 0 Å². The second-order valence-electron chi connectivity index (χ2n) is 6.17. The topological polar surface area (TPSA) is 59.8 Å². The molecular weight excluding hydrogens is 381 g/mol. The molecular formula is C21H17F3N4O. The van der Waals surface area contributed by atoms with Gasteiger partial charge < -0.3 is 9.88 Å². The maximum absolute atomic E-state index is 12.9. The van der Waals surface area contributed by atoms with Crippen LogP contribution in [-0.4, -0.2) is 20.4 Å². The fraction of sp³-hybridized carbons (Fsp3) is 0.0952. The number of hydrogen-bond donors (Lipinski definition) is 1. The number of aryl methyl sites for hydroxylation is 1. The standard InChI is InChI=1S/C21H17F3N4O/c1-4-19-26-12-17(28(19)5-2)16-10-14(7-6-13(16)3)20(29)27-18-11-15(8-9-25-18)21(22,23)24/h4-12H,1-2H2,3H3,(H,25,27,29). The van der Waals surface area contributed by atoms with Crippen LogP contribution >= 0.6 is 0 Å². The van der Waals surface area contributed by atoms with Crippen molar-refractivity contribution < 1.29 is 18.0 Å². The Balaban J connectivity index is 1.94. The van der Waals surface area contributed by atoms with Gasteiger partial charge in [-0.3, -0.25) is 4.79 Å². The molecule has 5 nitrogen and oxygen atoms in total. The summed E-state index contributed by atoms with van der Waals surface area (Å²) in [5.41, 5.74) is 1.70. The molecule has 3 rings (SSSR count). The molecule has 0 saturated heterocycles. The minimum absolute atomic E-state index is 0.183. The highest BCUT2D eigenvalue weighted by atomic mass is 19.4. The number of carbonyl (C=O) groups is 1. The Hall–Kier alpha value is -3.68. The number of alkyl halides is 3. The zero-order chi connectivity index (χ0) is 21.2. The largest absolute Gasteiger partial charge is 0.416 e. The lowest BCUT2D eigenvalue weighted by molar-refractivity contribution is -0.137. The van der Waals surface area contributed by atoms with Crippen LogP contribution in [0.25, 0.3) is 23.5 Å². The maximum Gasteiger partial charge on any atom is 0.416 e. The van der Waals surface area contributed by atoms with Crippen molar-refractivity contribution in [1.82, 2.24) is 14.5 Å². The summed E-state index contributed by atoms with van der Waals surface area (Å²) < 4.78 is 40.3. The number of aromatic nitrogens is 3. The molecule has 0 saturated carbocycles. The van der Waals surface area contributed by atoms with Gasteiger partial charge in [-0.2, -0.15) is 13.2 Å². The third-order valence-electron chi connectivity index (χ3n) is 4.30. The van der Waals surface area contributed by atoms with Gasteiger partial charge in [0.2, 0.25) is 0 Å². The molecule has 2 heterocycles. The van der Waals surface area contributed by atoms with E-state index in [2.05, 4.69) is 28.4 Å². The SMILES string of the molecule is C=Cc1ncc(-c2cc(C(=O)Nc3cc(C(F)(F)F)ccn3)ccc2C)n1C=C. The van der Waals surface area contributed by atoms with Crippen molar-refractivity contribution in [3.8, 4) is 11.3 Å². The second kappa shape index (κ2) is 7.75. The third-order valence-corrected chi connectivity index (χ3v) is 4.30. The molecule has 3 aromatic rings. The lowest BCUT2D eigenvalue weighted by atomic mass is 10.0. The van der Waals surface area contributed by atoms with Crippen LogP contribution in [0.5, 0.6) is 0 Å². The molecule has 0 radical (unpaired) electrons. The molecule has 0 fully saturated rings. The number of imidazole rings is 1. The molecule has 0 aliphatic rings. The summed E-state index contributed by atoms with van der Waals surface area (Å²) >= 11 is 0. The number of benzene rings is 1. The van der Waals surface area contributed by atoms with E-state index in [1.54, 1.807) is 41.2 Å². The van der Waals surface area contributed by atoms with Crippen molar-refractivity contribution in [3.63, 3.8) is 0 Å². The van der Waals surface area contributed by atoms with Gasteiger partial charge in [0.15, 0.2) is 0 Å². The smallest absolute Gasteiger partial charge is 0.307 e. The van der Waals surface area contributed by atoms with E-state index in [-0.39, 0.29) is 11.4 Å². The summed E-state index contributed by atoms with van der Waals surface area (Å²) in [6.07, 6.45) is 1.27. The molecule has 8 heteroatoms. The highest BCUT2D eigenvalue weighted by Gasteiger charge is 2.30. The van der Waals surface area contributed by atoms with E-state index in [9.17, 15) is 18.0 Å². The Kier molecular flexibility index (Phi) is 5.36. The fourth-order valence-corrected chi connectivity index (χ4v) is 2.82. The molecule has 29 heavy (non-hydrogen) atoms. The van der Waals surface area contributed by atoms with Crippen molar-refractivity contribution in [2.75, 3.05) is 5.32 Å². The molecule has 1 amide bonds. The Morgan fingerprint density at radius 2 is 1.93 bits per heavy atom. The Labute approximate surface area is 165 Å². The van der Waals surface area contributed by atoms with Gasteiger partial charge in [0, 0.05) is 23.5 Å². The predicted octanol–water partition coefficient (Wildman–Crippen LogP) is 5.27. The van der Waals surface area contributed by atoms with E-state index in [1.165, 1.54) is 0 Å². The molecule has 0 bridgehead atoms. The van der Waals surface area contributed by atoms with Crippen LogP contribution in [-0.2, 0) is 6.18 Å². The van der Waals surface area contributed by atoms with E-state index >= 15 is 0 Å². The number of pyridine rings is 1. The van der Waals surface area contributed by atoms with Crippen LogP contribution in [0.15, 0.2) is 55.9 Å². The third kappa shape index (κ3) is 4.11. The first kappa shape index (κ1) is 20.1. The van der Waals surface area contributed by atoms with Crippen LogP contribution in [0.2, 0.25) is 0 Å². The number of nitrogens with zero attached hydrogens (tertiary/aromatic N) is 3. The molecule has 0 unspecified atom stereocenters. The van der Waals surface area contributed by atoms with E-state index in [4.69, 9.17) is 0 Å². The number of nitrogens with one attached hydrogen (secondary N) is 1. The van der Waals surface area contributed by atoms with Crippen molar-refractivity contribution in [3.05, 3.63) is 78.4 Å². The monoisotopic (exact) mass is 398 g/mol. The number of anilines is 1. The number of carbonyl (C=O) groups excluding carboxylic acids is 1. The fourth-order valence-electron chi connectivity index (χ4n) is 2.82. The number of rotatable bonds is 5. The average Bonchev–Trinajstić information content (AvgIpc) is 3.10. The molecule has 0 spiro atoms. The van der Waals surface area contributed by atoms with Crippen LogP contribution < -0.4 is 5.32 Å². The van der Waals surface area contributed by atoms with Crippen LogP contribution in [0.1, 0.15) is 27.3 Å². The highest BCUT2D eigenvalue weighted by molar-refractivity contribution is 6.04. The summed E-state index contributed by atoms with van der Waals surface area (Å²) in [5, 5.41) is 2.41. The van der Waals surface area contributed by atoms with Crippen molar-refractivity contribution >= 4 is 24.0 Å². The normalized spacial score (nSPS) is 11.2. The van der Waals surface area contributed by atoms with E-state index in [0.29, 0.717) is 11.5 Å². The zero-order valence-corrected chi connectivity index (χ0v) is 15.5. The van der Waals surface area contributed by atoms with E-state index in [1.807, 2.05) is 6.92 Å². The summed E-state index contributed by atoms with van der Waals surface area (Å²) in [7, 11) is 0. The molecule has 1 aromatic carbocycles. The quantitative estimate of drug-likeness (QED) is 0.637. The highest BCUT2D eigenvalue weighted by Crippen LogP contribution is 2.30. The number of hydrogen-bond acceptors (Lipinski definition) is 3. The van der Waals surface area contributed by atoms with Crippen LogP contribution in [0.3, 0.4) is 0 Å². The summed E-state index contributed by atoms with van der Waals surface area (Å²) in [6, 6.07) is 6.61. The van der Waals surface area contributed by atoms with Gasteiger partial charge in [-0.1, -0.05) is 19.2 Å². The Morgan fingerprint density at radius 3 is 2.59 bits per heavy atom. The lowest BCUT2D eigenvalue weighted by Gasteiger charge is -2.12. The Bertz CT molecular complexity index is 1100.